The van der Waals surface area contributed by atoms with E-state index in [0.29, 0.717) is 31.4 Å². The van der Waals surface area contributed by atoms with Crippen LogP contribution in [-0.4, -0.2) is 44.8 Å². The molecule has 2 saturated heterocycles. The Bertz CT molecular complexity index is 905. The zero-order valence-corrected chi connectivity index (χ0v) is 17.4. The summed E-state index contributed by atoms with van der Waals surface area (Å²) in [5, 5.41) is 5.00. The van der Waals surface area contributed by atoms with Gasteiger partial charge in [-0.15, -0.1) is 11.3 Å². The van der Waals surface area contributed by atoms with Crippen molar-refractivity contribution >= 4 is 33.0 Å². The summed E-state index contributed by atoms with van der Waals surface area (Å²) >= 11 is 1.76. The van der Waals surface area contributed by atoms with Gasteiger partial charge in [0.15, 0.2) is 6.54 Å². The maximum Gasteiger partial charge on any atom is 0.279 e. The number of hydrogen-bond acceptors (Lipinski definition) is 4. The van der Waals surface area contributed by atoms with Gasteiger partial charge in [0, 0.05) is 31.6 Å². The Balaban J connectivity index is 1.37. The number of amides is 1. The van der Waals surface area contributed by atoms with E-state index in [9.17, 15) is 13.2 Å². The van der Waals surface area contributed by atoms with Gasteiger partial charge in [-0.05, 0) is 48.6 Å². The summed E-state index contributed by atoms with van der Waals surface area (Å²) in [7, 11) is -3.42. The minimum Gasteiger partial charge on any atom is -0.321 e. The summed E-state index contributed by atoms with van der Waals surface area (Å²) in [4.78, 5) is 15.5. The van der Waals surface area contributed by atoms with E-state index in [1.807, 2.05) is 0 Å². The van der Waals surface area contributed by atoms with Gasteiger partial charge in [0.1, 0.15) is 6.04 Å². The van der Waals surface area contributed by atoms with Crippen LogP contribution in [0.5, 0.6) is 0 Å². The van der Waals surface area contributed by atoms with E-state index in [1.54, 1.807) is 35.6 Å². The third kappa shape index (κ3) is 4.15. The number of thiophene rings is 1. The lowest BCUT2D eigenvalue weighted by Crippen LogP contribution is -3.11. The van der Waals surface area contributed by atoms with Crippen molar-refractivity contribution in [3.63, 3.8) is 0 Å². The van der Waals surface area contributed by atoms with Crippen LogP contribution in [0.2, 0.25) is 0 Å². The molecule has 0 aliphatic carbocycles. The first-order chi connectivity index (χ1) is 13.5. The van der Waals surface area contributed by atoms with Gasteiger partial charge in [-0.2, -0.15) is 4.31 Å². The molecule has 0 spiro atoms. The Morgan fingerprint density at radius 1 is 1.14 bits per heavy atom. The van der Waals surface area contributed by atoms with Crippen molar-refractivity contribution in [2.24, 2.45) is 0 Å². The SMILES string of the molecule is O=C(C[NH+]1CCC[C@@H]1c1cccs1)Nc1ccc(S(=O)(=O)N2CCCC2)cc1. The lowest BCUT2D eigenvalue weighted by Gasteiger charge is -2.20. The van der Waals surface area contributed by atoms with Crippen molar-refractivity contribution in [3.05, 3.63) is 46.7 Å². The first kappa shape index (κ1) is 19.6. The molecule has 2 fully saturated rings. The second kappa shape index (κ2) is 8.32. The van der Waals surface area contributed by atoms with Crippen molar-refractivity contribution in [1.29, 1.82) is 0 Å². The van der Waals surface area contributed by atoms with Crippen molar-refractivity contribution in [2.45, 2.75) is 36.6 Å². The molecular weight excluding hydrogens is 394 g/mol. The van der Waals surface area contributed by atoms with Crippen LogP contribution in [0.1, 0.15) is 36.6 Å². The molecule has 4 rings (SSSR count). The number of anilines is 1. The van der Waals surface area contributed by atoms with Crippen LogP contribution in [0.25, 0.3) is 0 Å². The molecule has 1 aromatic heterocycles. The summed E-state index contributed by atoms with van der Waals surface area (Å²) in [5.74, 6) is -0.0337. The first-order valence-corrected chi connectivity index (χ1v) is 12.1. The fourth-order valence-electron chi connectivity index (χ4n) is 4.16. The average Bonchev–Trinajstić information content (AvgIpc) is 3.44. The van der Waals surface area contributed by atoms with Gasteiger partial charge in [0.25, 0.3) is 5.91 Å². The second-order valence-electron chi connectivity index (χ2n) is 7.48. The molecule has 1 aromatic carbocycles. The molecule has 8 heteroatoms. The summed E-state index contributed by atoms with van der Waals surface area (Å²) in [5.41, 5.74) is 0.636. The molecule has 2 aromatic rings. The van der Waals surface area contributed by atoms with E-state index in [-0.39, 0.29) is 10.8 Å². The van der Waals surface area contributed by atoms with Crippen LogP contribution >= 0.6 is 11.3 Å². The Morgan fingerprint density at radius 2 is 1.89 bits per heavy atom. The topological polar surface area (TPSA) is 70.9 Å². The standard InChI is InChI=1S/C20H25N3O3S2/c24-20(15-22-11-3-5-18(22)19-6-4-14-27-19)21-16-7-9-17(10-8-16)28(25,26)23-12-1-2-13-23/h4,6-10,14,18H,1-3,5,11-13,15H2,(H,21,24)/p+1/t18-/m1/s1. The third-order valence-corrected chi connectivity index (χ3v) is 8.50. The maximum absolute atomic E-state index is 12.6. The van der Waals surface area contributed by atoms with Crippen LogP contribution in [0.15, 0.2) is 46.7 Å². The Kier molecular flexibility index (Phi) is 5.82. The van der Waals surface area contributed by atoms with E-state index in [1.165, 1.54) is 14.1 Å². The molecule has 2 aliphatic rings. The minimum absolute atomic E-state index is 0.0337. The quantitative estimate of drug-likeness (QED) is 0.750. The molecule has 2 N–H and O–H groups in total. The number of carbonyl (C=O) groups is 1. The largest absolute Gasteiger partial charge is 0.321 e. The van der Waals surface area contributed by atoms with Gasteiger partial charge in [-0.25, -0.2) is 8.42 Å². The zero-order valence-electron chi connectivity index (χ0n) is 15.8. The van der Waals surface area contributed by atoms with Crippen molar-refractivity contribution in [1.82, 2.24) is 4.31 Å². The molecule has 1 unspecified atom stereocenters. The van der Waals surface area contributed by atoms with Gasteiger partial charge in [-0.1, -0.05) is 6.07 Å². The lowest BCUT2D eigenvalue weighted by atomic mass is 10.2. The molecule has 0 bridgehead atoms. The molecule has 3 heterocycles. The van der Waals surface area contributed by atoms with Crippen LogP contribution in [0.3, 0.4) is 0 Å². The third-order valence-electron chi connectivity index (χ3n) is 5.60. The monoisotopic (exact) mass is 420 g/mol. The highest BCUT2D eigenvalue weighted by Crippen LogP contribution is 2.24. The van der Waals surface area contributed by atoms with E-state index in [0.717, 1.165) is 32.2 Å². The van der Waals surface area contributed by atoms with Gasteiger partial charge in [0.05, 0.1) is 16.3 Å². The number of likely N-dealkylation sites (tertiary alicyclic amines) is 1. The van der Waals surface area contributed by atoms with Crippen molar-refractivity contribution in [2.75, 3.05) is 31.5 Å². The van der Waals surface area contributed by atoms with E-state index < -0.39 is 10.0 Å². The number of quaternary nitrogens is 1. The van der Waals surface area contributed by atoms with Crippen molar-refractivity contribution in [3.8, 4) is 0 Å². The Morgan fingerprint density at radius 3 is 2.57 bits per heavy atom. The first-order valence-electron chi connectivity index (χ1n) is 9.82. The summed E-state index contributed by atoms with van der Waals surface area (Å²) in [6, 6.07) is 11.1. The number of carbonyl (C=O) groups excluding carboxylic acids is 1. The van der Waals surface area contributed by atoms with E-state index >= 15 is 0 Å². The predicted molar refractivity (Wildman–Crippen MR) is 110 cm³/mol. The Labute approximate surface area is 170 Å². The molecule has 6 nitrogen and oxygen atoms in total. The fourth-order valence-corrected chi connectivity index (χ4v) is 6.59. The number of benzene rings is 1. The molecule has 1 amide bonds. The van der Waals surface area contributed by atoms with Gasteiger partial charge in [0.2, 0.25) is 10.0 Å². The molecular formula is C20H26N3O3S2+. The minimum atomic E-state index is -3.42. The molecule has 150 valence electrons. The predicted octanol–water partition coefficient (Wildman–Crippen LogP) is 1.89. The molecule has 2 aliphatic heterocycles. The highest BCUT2D eigenvalue weighted by molar-refractivity contribution is 7.89. The van der Waals surface area contributed by atoms with Crippen LogP contribution in [0, 0.1) is 0 Å². The molecule has 28 heavy (non-hydrogen) atoms. The zero-order chi connectivity index (χ0) is 19.6. The summed E-state index contributed by atoms with van der Waals surface area (Å²) in [6.07, 6.45) is 4.08. The van der Waals surface area contributed by atoms with Crippen molar-refractivity contribution < 1.29 is 18.1 Å². The van der Waals surface area contributed by atoms with Crippen LogP contribution in [0.4, 0.5) is 5.69 Å². The fraction of sp³-hybridized carbons (Fsp3) is 0.450. The number of nitrogens with one attached hydrogen (secondary N) is 2. The van der Waals surface area contributed by atoms with Crippen LogP contribution in [-0.2, 0) is 14.8 Å². The highest BCUT2D eigenvalue weighted by atomic mass is 32.2. The van der Waals surface area contributed by atoms with E-state index in [4.69, 9.17) is 0 Å². The molecule has 0 saturated carbocycles. The average molecular weight is 421 g/mol. The second-order valence-corrected chi connectivity index (χ2v) is 10.4. The molecule has 0 radical (unpaired) electrons. The maximum atomic E-state index is 12.6. The van der Waals surface area contributed by atoms with Gasteiger partial charge < -0.3 is 10.2 Å². The number of sulfonamides is 1. The smallest absolute Gasteiger partial charge is 0.279 e. The van der Waals surface area contributed by atoms with Gasteiger partial charge >= 0.3 is 0 Å². The number of nitrogens with zero attached hydrogens (tertiary/aromatic N) is 1. The summed E-state index contributed by atoms with van der Waals surface area (Å²) in [6.45, 7) is 2.61. The van der Waals surface area contributed by atoms with Gasteiger partial charge in [-0.3, -0.25) is 4.79 Å². The Hall–Kier alpha value is -1.74. The number of rotatable bonds is 6. The van der Waals surface area contributed by atoms with Crippen LogP contribution < -0.4 is 10.2 Å². The highest BCUT2D eigenvalue weighted by Gasteiger charge is 2.32. The van der Waals surface area contributed by atoms with E-state index in [2.05, 4.69) is 22.8 Å². The lowest BCUT2D eigenvalue weighted by molar-refractivity contribution is -0.910. The molecule has 2 atom stereocenters. The summed E-state index contributed by atoms with van der Waals surface area (Å²) < 4.78 is 26.7. The normalized spacial score (nSPS) is 23.1. The number of hydrogen-bond donors (Lipinski definition) is 2.